The number of fused-ring (bicyclic) bond motifs is 1. The third kappa shape index (κ3) is 3.03. The topological polar surface area (TPSA) is 52.9 Å². The van der Waals surface area contributed by atoms with Crippen LogP contribution in [-0.2, 0) is 5.60 Å². The minimum atomic E-state index is -0.942. The normalized spacial score (nSPS) is 25.9. The molecular formula is C20H22FNO3. The average Bonchev–Trinajstić information content (AvgIpc) is 2.64. The van der Waals surface area contributed by atoms with Crippen LogP contribution in [0.1, 0.15) is 30.1 Å². The van der Waals surface area contributed by atoms with Crippen LogP contribution in [0.15, 0.2) is 48.5 Å². The lowest BCUT2D eigenvalue weighted by Crippen LogP contribution is -2.52. The summed E-state index contributed by atoms with van der Waals surface area (Å²) in [4.78, 5) is 2.18. The van der Waals surface area contributed by atoms with E-state index in [9.17, 15) is 14.6 Å². The Morgan fingerprint density at radius 3 is 2.44 bits per heavy atom. The van der Waals surface area contributed by atoms with Gasteiger partial charge in [0.25, 0.3) is 0 Å². The molecule has 0 unspecified atom stereocenters. The molecule has 0 aliphatic carbocycles. The Kier molecular flexibility index (Phi) is 4.23. The third-order valence-corrected chi connectivity index (χ3v) is 5.49. The van der Waals surface area contributed by atoms with Gasteiger partial charge in [-0.15, -0.1) is 0 Å². The van der Waals surface area contributed by atoms with E-state index in [1.54, 1.807) is 12.1 Å². The van der Waals surface area contributed by atoms with Gasteiger partial charge in [-0.1, -0.05) is 30.3 Å². The van der Waals surface area contributed by atoms with Crippen molar-refractivity contribution in [2.45, 2.75) is 30.6 Å². The SMILES string of the molecule is O[C@H]1c2ccccc2OC[C@H]1N1CCC(O)(c2ccc(F)cc2)CC1. The van der Waals surface area contributed by atoms with Gasteiger partial charge in [0.05, 0.1) is 11.6 Å². The highest BCUT2D eigenvalue weighted by molar-refractivity contribution is 5.37. The van der Waals surface area contributed by atoms with E-state index in [1.807, 2.05) is 24.3 Å². The minimum Gasteiger partial charge on any atom is -0.491 e. The Labute approximate surface area is 146 Å². The van der Waals surface area contributed by atoms with E-state index >= 15 is 0 Å². The highest BCUT2D eigenvalue weighted by Crippen LogP contribution is 2.38. The molecule has 1 fully saturated rings. The number of nitrogens with zero attached hydrogens (tertiary/aromatic N) is 1. The molecule has 0 spiro atoms. The highest BCUT2D eigenvalue weighted by atomic mass is 19.1. The summed E-state index contributed by atoms with van der Waals surface area (Å²) in [5.41, 5.74) is 0.625. The lowest BCUT2D eigenvalue weighted by Gasteiger charge is -2.44. The third-order valence-electron chi connectivity index (χ3n) is 5.49. The molecule has 132 valence electrons. The average molecular weight is 343 g/mol. The number of halogens is 1. The summed E-state index contributed by atoms with van der Waals surface area (Å²) < 4.78 is 18.9. The van der Waals surface area contributed by atoms with E-state index in [0.717, 1.165) is 16.9 Å². The maximum Gasteiger partial charge on any atom is 0.125 e. The van der Waals surface area contributed by atoms with Crippen molar-refractivity contribution in [3.8, 4) is 5.75 Å². The molecule has 2 heterocycles. The summed E-state index contributed by atoms with van der Waals surface area (Å²) in [7, 11) is 0. The fraction of sp³-hybridized carbons (Fsp3) is 0.400. The smallest absolute Gasteiger partial charge is 0.125 e. The Hall–Kier alpha value is -1.95. The van der Waals surface area contributed by atoms with Gasteiger partial charge in [-0.2, -0.15) is 0 Å². The monoisotopic (exact) mass is 343 g/mol. The van der Waals surface area contributed by atoms with Crippen LogP contribution < -0.4 is 4.74 Å². The molecule has 2 N–H and O–H groups in total. The molecule has 4 nitrogen and oxygen atoms in total. The van der Waals surface area contributed by atoms with Crippen LogP contribution in [-0.4, -0.2) is 40.9 Å². The number of likely N-dealkylation sites (tertiary alicyclic amines) is 1. The number of hydrogen-bond donors (Lipinski definition) is 2. The molecule has 0 bridgehead atoms. The van der Waals surface area contributed by atoms with Crippen LogP contribution in [0.4, 0.5) is 4.39 Å². The number of para-hydroxylation sites is 1. The van der Waals surface area contributed by atoms with Crippen LogP contribution in [0.2, 0.25) is 0 Å². The molecule has 0 amide bonds. The van der Waals surface area contributed by atoms with Crippen molar-refractivity contribution in [3.05, 3.63) is 65.5 Å². The maximum atomic E-state index is 13.1. The first-order chi connectivity index (χ1) is 12.1. The molecule has 0 aromatic heterocycles. The summed E-state index contributed by atoms with van der Waals surface area (Å²) in [6, 6.07) is 13.5. The molecule has 4 rings (SSSR count). The molecular weight excluding hydrogens is 321 g/mol. The fourth-order valence-electron chi connectivity index (χ4n) is 3.91. The van der Waals surface area contributed by atoms with Crippen molar-refractivity contribution in [3.63, 3.8) is 0 Å². The van der Waals surface area contributed by atoms with E-state index in [2.05, 4.69) is 4.90 Å². The molecule has 2 aromatic carbocycles. The van der Waals surface area contributed by atoms with Gasteiger partial charge in [0.1, 0.15) is 24.3 Å². The first-order valence-corrected chi connectivity index (χ1v) is 8.69. The summed E-state index contributed by atoms with van der Waals surface area (Å²) in [5.74, 6) is 0.442. The molecule has 25 heavy (non-hydrogen) atoms. The Morgan fingerprint density at radius 2 is 1.72 bits per heavy atom. The lowest BCUT2D eigenvalue weighted by atomic mass is 9.83. The number of benzene rings is 2. The van der Waals surface area contributed by atoms with E-state index in [1.165, 1.54) is 12.1 Å². The fourth-order valence-corrected chi connectivity index (χ4v) is 3.91. The quantitative estimate of drug-likeness (QED) is 0.880. The predicted molar refractivity (Wildman–Crippen MR) is 91.8 cm³/mol. The van der Waals surface area contributed by atoms with Crippen molar-refractivity contribution in [1.82, 2.24) is 4.90 Å². The van der Waals surface area contributed by atoms with Crippen molar-refractivity contribution in [1.29, 1.82) is 0 Å². The maximum absolute atomic E-state index is 13.1. The summed E-state index contributed by atoms with van der Waals surface area (Å²) in [5, 5.41) is 21.7. The lowest BCUT2D eigenvalue weighted by molar-refractivity contribution is -0.0665. The zero-order chi connectivity index (χ0) is 17.4. The second kappa shape index (κ2) is 6.41. The molecule has 0 radical (unpaired) electrons. The largest absolute Gasteiger partial charge is 0.491 e. The van der Waals surface area contributed by atoms with Gasteiger partial charge < -0.3 is 14.9 Å². The first kappa shape index (κ1) is 16.5. The molecule has 2 aromatic rings. The van der Waals surface area contributed by atoms with Gasteiger partial charge in [-0.25, -0.2) is 4.39 Å². The van der Waals surface area contributed by atoms with Crippen LogP contribution in [0.5, 0.6) is 5.75 Å². The molecule has 2 atom stereocenters. The highest BCUT2D eigenvalue weighted by Gasteiger charge is 2.40. The van der Waals surface area contributed by atoms with Gasteiger partial charge >= 0.3 is 0 Å². The van der Waals surface area contributed by atoms with Crippen molar-refractivity contribution in [2.75, 3.05) is 19.7 Å². The molecule has 2 aliphatic rings. The Balaban J connectivity index is 1.46. The zero-order valence-corrected chi connectivity index (χ0v) is 13.9. The van der Waals surface area contributed by atoms with Crippen molar-refractivity contribution >= 4 is 0 Å². The first-order valence-electron chi connectivity index (χ1n) is 8.69. The molecule has 2 aliphatic heterocycles. The van der Waals surface area contributed by atoms with Crippen LogP contribution >= 0.6 is 0 Å². The van der Waals surface area contributed by atoms with Gasteiger partial charge in [0.15, 0.2) is 0 Å². The number of hydrogen-bond acceptors (Lipinski definition) is 4. The van der Waals surface area contributed by atoms with Crippen molar-refractivity contribution in [2.24, 2.45) is 0 Å². The van der Waals surface area contributed by atoms with Crippen LogP contribution in [0.3, 0.4) is 0 Å². The zero-order valence-electron chi connectivity index (χ0n) is 13.9. The molecule has 1 saturated heterocycles. The summed E-state index contributed by atoms with van der Waals surface area (Å²) in [6.07, 6.45) is 0.495. The predicted octanol–water partition coefficient (Wildman–Crippen LogP) is 2.60. The summed E-state index contributed by atoms with van der Waals surface area (Å²) in [6.45, 7) is 1.75. The Bertz CT molecular complexity index is 741. The van der Waals surface area contributed by atoms with E-state index < -0.39 is 11.7 Å². The van der Waals surface area contributed by atoms with E-state index in [0.29, 0.717) is 32.5 Å². The minimum absolute atomic E-state index is 0.118. The number of piperidine rings is 1. The number of aliphatic hydroxyl groups is 2. The van der Waals surface area contributed by atoms with Crippen LogP contribution in [0.25, 0.3) is 0 Å². The second-order valence-electron chi connectivity index (χ2n) is 6.94. The van der Waals surface area contributed by atoms with E-state index in [4.69, 9.17) is 4.74 Å². The van der Waals surface area contributed by atoms with Gasteiger partial charge in [-0.3, -0.25) is 4.90 Å². The summed E-state index contributed by atoms with van der Waals surface area (Å²) >= 11 is 0. The molecule has 5 heteroatoms. The second-order valence-corrected chi connectivity index (χ2v) is 6.94. The van der Waals surface area contributed by atoms with Gasteiger partial charge in [0, 0.05) is 18.7 Å². The number of ether oxygens (including phenoxy) is 1. The number of rotatable bonds is 2. The van der Waals surface area contributed by atoms with E-state index in [-0.39, 0.29) is 11.9 Å². The van der Waals surface area contributed by atoms with Crippen molar-refractivity contribution < 1.29 is 19.3 Å². The van der Waals surface area contributed by atoms with Crippen LogP contribution in [0, 0.1) is 5.82 Å². The van der Waals surface area contributed by atoms with Gasteiger partial charge in [0.2, 0.25) is 0 Å². The number of aliphatic hydroxyl groups excluding tert-OH is 1. The van der Waals surface area contributed by atoms with Gasteiger partial charge in [-0.05, 0) is 36.6 Å². The standard InChI is InChI=1S/C20H22FNO3/c21-15-7-5-14(6-8-15)20(24)9-11-22(12-10-20)17-13-25-18-4-2-1-3-16(18)19(17)23/h1-8,17,19,23-24H,9-13H2/t17-,19+/m1/s1. The molecule has 0 saturated carbocycles. The Morgan fingerprint density at radius 1 is 1.04 bits per heavy atom.